The molecule has 0 spiro atoms. The van der Waals surface area contributed by atoms with Crippen LogP contribution in [0.15, 0.2) is 11.1 Å². The molecule has 0 unspecified atom stereocenters. The largest absolute Gasteiger partial charge is 0.478 e. The molecule has 0 aromatic heterocycles. The van der Waals surface area contributed by atoms with Crippen LogP contribution in [0.5, 0.6) is 0 Å². The van der Waals surface area contributed by atoms with Gasteiger partial charge < -0.3 is 10.0 Å². The molecule has 6 heteroatoms. The van der Waals surface area contributed by atoms with Crippen LogP contribution in [0.3, 0.4) is 0 Å². The molecule has 96 valence electrons. The number of carboxylic acids is 1. The molecule has 17 heavy (non-hydrogen) atoms. The molecule has 0 aromatic rings. The first kappa shape index (κ1) is 15.2. The molecule has 3 amide bonds. The second-order valence-electron chi connectivity index (χ2n) is 4.02. The fourth-order valence-electron chi connectivity index (χ4n) is 0.844. The summed E-state index contributed by atoms with van der Waals surface area (Å²) < 4.78 is 0. The molecule has 0 saturated carbocycles. The van der Waals surface area contributed by atoms with E-state index in [1.165, 1.54) is 18.7 Å². The summed E-state index contributed by atoms with van der Waals surface area (Å²) in [6.07, 6.45) is 0. The standard InChI is InChI=1S/C11H18N2O4/c1-6(2)13(5)11(17)12-9(14)7(3)8(4)10(15)16/h6H,1-5H3,(H,15,16)(H,12,14,17). The van der Waals surface area contributed by atoms with Gasteiger partial charge in [-0.2, -0.15) is 0 Å². The van der Waals surface area contributed by atoms with Crippen LogP contribution in [0.4, 0.5) is 4.79 Å². The molecular formula is C11H18N2O4. The summed E-state index contributed by atoms with van der Waals surface area (Å²) in [5.74, 6) is -1.87. The van der Waals surface area contributed by atoms with Crippen molar-refractivity contribution < 1.29 is 19.5 Å². The van der Waals surface area contributed by atoms with Crippen molar-refractivity contribution in [3.63, 3.8) is 0 Å². The van der Waals surface area contributed by atoms with Gasteiger partial charge in [0, 0.05) is 24.2 Å². The zero-order valence-corrected chi connectivity index (χ0v) is 10.7. The van der Waals surface area contributed by atoms with E-state index < -0.39 is 17.9 Å². The molecule has 0 rings (SSSR count). The Labute approximate surface area is 100 Å². The van der Waals surface area contributed by atoms with Crippen molar-refractivity contribution in [1.29, 1.82) is 0 Å². The molecule has 0 saturated heterocycles. The van der Waals surface area contributed by atoms with Gasteiger partial charge in [-0.25, -0.2) is 9.59 Å². The van der Waals surface area contributed by atoms with E-state index in [9.17, 15) is 14.4 Å². The Morgan fingerprint density at radius 2 is 1.59 bits per heavy atom. The quantitative estimate of drug-likeness (QED) is 0.722. The van der Waals surface area contributed by atoms with Crippen molar-refractivity contribution in [3.8, 4) is 0 Å². The Morgan fingerprint density at radius 1 is 1.12 bits per heavy atom. The van der Waals surface area contributed by atoms with Crippen LogP contribution in [0.1, 0.15) is 27.7 Å². The number of carbonyl (C=O) groups excluding carboxylic acids is 2. The number of aliphatic carboxylic acids is 1. The molecule has 2 N–H and O–H groups in total. The van der Waals surface area contributed by atoms with Crippen molar-refractivity contribution in [2.24, 2.45) is 0 Å². The second kappa shape index (κ2) is 6.03. The third-order valence-corrected chi connectivity index (χ3v) is 2.54. The highest BCUT2D eigenvalue weighted by Gasteiger charge is 2.18. The Morgan fingerprint density at radius 3 is 1.94 bits per heavy atom. The lowest BCUT2D eigenvalue weighted by molar-refractivity contribution is -0.133. The SMILES string of the molecule is CC(C(=O)O)=C(C)C(=O)NC(=O)N(C)C(C)C. The first-order valence-corrected chi connectivity index (χ1v) is 5.17. The number of nitrogens with zero attached hydrogens (tertiary/aromatic N) is 1. The number of carboxylic acid groups (broad SMARTS) is 1. The summed E-state index contributed by atoms with van der Waals surface area (Å²) in [4.78, 5) is 35.1. The number of amides is 3. The van der Waals surface area contributed by atoms with E-state index in [2.05, 4.69) is 5.32 Å². The van der Waals surface area contributed by atoms with E-state index in [4.69, 9.17) is 5.11 Å². The minimum atomic E-state index is -1.18. The van der Waals surface area contributed by atoms with Gasteiger partial charge in [0.1, 0.15) is 0 Å². The predicted molar refractivity (Wildman–Crippen MR) is 62.4 cm³/mol. The smallest absolute Gasteiger partial charge is 0.331 e. The third-order valence-electron chi connectivity index (χ3n) is 2.54. The average molecular weight is 242 g/mol. The Balaban J connectivity index is 4.73. The maximum Gasteiger partial charge on any atom is 0.331 e. The minimum Gasteiger partial charge on any atom is -0.478 e. The second-order valence-corrected chi connectivity index (χ2v) is 4.02. The molecule has 0 atom stereocenters. The van der Waals surface area contributed by atoms with Gasteiger partial charge in [-0.1, -0.05) is 0 Å². The van der Waals surface area contributed by atoms with E-state index in [0.29, 0.717) is 0 Å². The van der Waals surface area contributed by atoms with Crippen molar-refractivity contribution in [2.75, 3.05) is 7.05 Å². The van der Waals surface area contributed by atoms with Gasteiger partial charge in [0.05, 0.1) is 0 Å². The van der Waals surface area contributed by atoms with Crippen molar-refractivity contribution in [1.82, 2.24) is 10.2 Å². The minimum absolute atomic E-state index is 0.0167. The summed E-state index contributed by atoms with van der Waals surface area (Å²) in [6.45, 7) is 6.28. The fraction of sp³-hybridized carbons (Fsp3) is 0.545. The van der Waals surface area contributed by atoms with Crippen LogP contribution >= 0.6 is 0 Å². The maximum atomic E-state index is 11.5. The Bertz CT molecular complexity index is 372. The molecule has 0 bridgehead atoms. The monoisotopic (exact) mass is 242 g/mol. The van der Waals surface area contributed by atoms with Crippen LogP contribution in [-0.2, 0) is 9.59 Å². The van der Waals surface area contributed by atoms with E-state index in [1.54, 1.807) is 20.9 Å². The zero-order chi connectivity index (χ0) is 13.7. The van der Waals surface area contributed by atoms with Crippen LogP contribution in [0.25, 0.3) is 0 Å². The summed E-state index contributed by atoms with van der Waals surface area (Å²) in [6, 6.07) is -0.602. The lowest BCUT2D eigenvalue weighted by Crippen LogP contribution is -2.44. The van der Waals surface area contributed by atoms with E-state index >= 15 is 0 Å². The first-order chi connectivity index (χ1) is 7.68. The number of hydrogen-bond donors (Lipinski definition) is 2. The van der Waals surface area contributed by atoms with Crippen LogP contribution in [-0.4, -0.2) is 41.0 Å². The first-order valence-electron chi connectivity index (χ1n) is 5.17. The van der Waals surface area contributed by atoms with Crippen LogP contribution in [0.2, 0.25) is 0 Å². The van der Waals surface area contributed by atoms with Gasteiger partial charge in [-0.15, -0.1) is 0 Å². The van der Waals surface area contributed by atoms with Gasteiger partial charge in [0.25, 0.3) is 5.91 Å². The lowest BCUT2D eigenvalue weighted by Gasteiger charge is -2.21. The van der Waals surface area contributed by atoms with Crippen molar-refractivity contribution in [2.45, 2.75) is 33.7 Å². The van der Waals surface area contributed by atoms with Gasteiger partial charge in [-0.05, 0) is 27.7 Å². The predicted octanol–water partition coefficient (Wildman–Crippen LogP) is 0.984. The van der Waals surface area contributed by atoms with Gasteiger partial charge in [0.15, 0.2) is 0 Å². The number of rotatable bonds is 3. The number of hydrogen-bond acceptors (Lipinski definition) is 3. The third kappa shape index (κ3) is 4.26. The van der Waals surface area contributed by atoms with Gasteiger partial charge >= 0.3 is 12.0 Å². The topological polar surface area (TPSA) is 86.7 Å². The van der Waals surface area contributed by atoms with Crippen molar-refractivity contribution >= 4 is 17.9 Å². The molecule has 0 aliphatic carbocycles. The van der Waals surface area contributed by atoms with Gasteiger partial charge in [0.2, 0.25) is 0 Å². The maximum absolute atomic E-state index is 11.5. The number of imide groups is 1. The molecule has 0 heterocycles. The van der Waals surface area contributed by atoms with Crippen LogP contribution < -0.4 is 5.32 Å². The normalized spacial score (nSPS) is 11.9. The summed E-state index contributed by atoms with van der Waals surface area (Å²) >= 11 is 0. The summed E-state index contributed by atoms with van der Waals surface area (Å²) in [5.41, 5.74) is -0.0643. The highest BCUT2D eigenvalue weighted by molar-refractivity contribution is 6.07. The number of urea groups is 1. The molecule has 6 nitrogen and oxygen atoms in total. The molecule has 0 aromatic carbocycles. The Kier molecular flexibility index (Phi) is 5.37. The number of carbonyl (C=O) groups is 3. The number of nitrogens with one attached hydrogen (secondary N) is 1. The van der Waals surface area contributed by atoms with E-state index in [0.717, 1.165) is 0 Å². The van der Waals surface area contributed by atoms with Crippen molar-refractivity contribution in [3.05, 3.63) is 11.1 Å². The molecule has 0 radical (unpaired) electrons. The zero-order valence-electron chi connectivity index (χ0n) is 10.7. The molecular weight excluding hydrogens is 224 g/mol. The lowest BCUT2D eigenvalue weighted by atomic mass is 10.1. The van der Waals surface area contributed by atoms with Gasteiger partial charge in [-0.3, -0.25) is 10.1 Å². The Hall–Kier alpha value is -1.85. The van der Waals surface area contributed by atoms with Crippen LogP contribution in [0, 0.1) is 0 Å². The summed E-state index contributed by atoms with van der Waals surface area (Å²) in [5, 5.41) is 10.8. The van der Waals surface area contributed by atoms with E-state index in [-0.39, 0.29) is 17.2 Å². The average Bonchev–Trinajstić information content (AvgIpc) is 2.25. The highest BCUT2D eigenvalue weighted by atomic mass is 16.4. The summed E-state index contributed by atoms with van der Waals surface area (Å²) in [7, 11) is 1.55. The molecule has 0 fully saturated rings. The fourth-order valence-corrected chi connectivity index (χ4v) is 0.844. The van der Waals surface area contributed by atoms with E-state index in [1.807, 2.05) is 0 Å². The highest BCUT2D eigenvalue weighted by Crippen LogP contribution is 2.04. The molecule has 0 aliphatic rings. The molecule has 0 aliphatic heterocycles.